The summed E-state index contributed by atoms with van der Waals surface area (Å²) in [5.41, 5.74) is 16.4. The van der Waals surface area contributed by atoms with Gasteiger partial charge in [0.15, 0.2) is 17.5 Å². The summed E-state index contributed by atoms with van der Waals surface area (Å²) in [6.07, 6.45) is 0. The first-order chi connectivity index (χ1) is 37.7. The summed E-state index contributed by atoms with van der Waals surface area (Å²) in [5, 5.41) is 9.49. The van der Waals surface area contributed by atoms with Crippen LogP contribution in [-0.2, 0) is 0 Å². The number of nitrogens with zero attached hydrogens (tertiary/aromatic N) is 7. The van der Waals surface area contributed by atoms with Crippen molar-refractivity contribution in [3.63, 3.8) is 0 Å². The average Bonchev–Trinajstić information content (AvgIpc) is 4.33. The van der Waals surface area contributed by atoms with E-state index >= 15 is 0 Å². The molecule has 354 valence electrons. The van der Waals surface area contributed by atoms with E-state index in [0.717, 1.165) is 88.7 Å². The number of rotatable bonds is 7. The second-order valence-corrected chi connectivity index (χ2v) is 19.6. The van der Waals surface area contributed by atoms with Crippen molar-refractivity contribution >= 4 is 87.2 Å². The van der Waals surface area contributed by atoms with Crippen molar-refractivity contribution in [1.29, 1.82) is 0 Å². The zero-order chi connectivity index (χ0) is 49.8. The topological polar surface area (TPSA) is 58.4 Å². The van der Waals surface area contributed by atoms with Gasteiger partial charge in [0.05, 0.1) is 44.1 Å². The molecule has 0 aliphatic heterocycles. The summed E-state index contributed by atoms with van der Waals surface area (Å²) < 4.78 is 9.82. The molecule has 0 bridgehead atoms. The third kappa shape index (κ3) is 6.26. The zero-order valence-corrected chi connectivity index (χ0v) is 41.0. The van der Waals surface area contributed by atoms with Gasteiger partial charge in [0.2, 0.25) is 0 Å². The highest BCUT2D eigenvalue weighted by molar-refractivity contribution is 6.28. The van der Waals surface area contributed by atoms with Gasteiger partial charge in [0.25, 0.3) is 0 Å². The molecule has 76 heavy (non-hydrogen) atoms. The first-order valence-electron chi connectivity index (χ1n) is 25.8. The summed E-state index contributed by atoms with van der Waals surface area (Å²) in [6, 6.07) is 93.4. The Balaban J connectivity index is 0.995. The van der Waals surface area contributed by atoms with Crippen molar-refractivity contribution in [2.24, 2.45) is 0 Å². The fourth-order valence-corrected chi connectivity index (χ4v) is 12.1. The maximum absolute atomic E-state index is 5.17. The van der Waals surface area contributed by atoms with E-state index in [0.29, 0.717) is 17.5 Å². The molecule has 0 unspecified atom stereocenters. The molecule has 5 aromatic heterocycles. The van der Waals surface area contributed by atoms with Crippen LogP contribution in [-0.4, -0.2) is 33.2 Å². The molecule has 0 fully saturated rings. The van der Waals surface area contributed by atoms with Gasteiger partial charge >= 0.3 is 0 Å². The van der Waals surface area contributed by atoms with Crippen molar-refractivity contribution < 1.29 is 0 Å². The maximum Gasteiger partial charge on any atom is 0.164 e. The number of hydrogen-bond acceptors (Lipinski definition) is 3. The van der Waals surface area contributed by atoms with Crippen molar-refractivity contribution in [3.05, 3.63) is 261 Å². The Morgan fingerprint density at radius 3 is 1.16 bits per heavy atom. The van der Waals surface area contributed by atoms with Crippen LogP contribution >= 0.6 is 0 Å². The maximum atomic E-state index is 5.17. The van der Waals surface area contributed by atoms with E-state index in [9.17, 15) is 0 Å². The number of fused-ring (bicyclic) bond motifs is 14. The molecule has 0 radical (unpaired) electrons. The fraction of sp³-hybridized carbons (Fsp3) is 0. The monoisotopic (exact) mass is 969 g/mol. The summed E-state index contributed by atoms with van der Waals surface area (Å²) in [4.78, 5) is 15.3. The van der Waals surface area contributed by atoms with Crippen LogP contribution in [0.25, 0.3) is 144 Å². The second kappa shape index (κ2) is 16.6. The summed E-state index contributed by atoms with van der Waals surface area (Å²) in [5.74, 6) is 1.89. The van der Waals surface area contributed by atoms with E-state index in [-0.39, 0.29) is 0 Å². The summed E-state index contributed by atoms with van der Waals surface area (Å²) in [7, 11) is 0. The third-order valence-corrected chi connectivity index (χ3v) is 15.4. The van der Waals surface area contributed by atoms with Gasteiger partial charge in [0.1, 0.15) is 0 Å². The number of benzene rings is 11. The molecule has 0 atom stereocenters. The molecule has 0 aliphatic carbocycles. The number of hydrogen-bond donors (Lipinski definition) is 0. The first kappa shape index (κ1) is 42.2. The van der Waals surface area contributed by atoms with Gasteiger partial charge in [-0.3, -0.25) is 0 Å². The SMILES string of the molecule is c1ccc(-c2nc(-c3ccccc3)nc(-c3ccc4c(c3)c3ccc5c(c6cc(-n7c8ccccc8c8c7ccc7c9ccccc9n(-c9ccccc9)c78)ccc6n5-c5ccccc5)c3n4-c3ccccc3)n2)cc1. The standard InChI is InChI=1S/C69H43N7/c1-6-20-44(21-7-1)67-70-68(45-22-8-2-9-23-45)72-69(71-67)46-34-38-59-55(42-46)53-37-41-62-64(66(53)76(59)49-28-14-5-15-29-49)56-43-50(35-39-60(56)73(62)47-24-10-3-11-25-47)74-58-33-19-17-31-54(58)63-61(74)40-36-52-51-30-16-18-32-57(51)75(65(52)63)48-26-12-4-13-27-48/h1-43H. The Labute approximate surface area is 436 Å². The van der Waals surface area contributed by atoms with Crippen LogP contribution in [0, 0.1) is 0 Å². The van der Waals surface area contributed by atoms with Gasteiger partial charge in [-0.2, -0.15) is 0 Å². The quantitative estimate of drug-likeness (QED) is 0.160. The molecule has 16 rings (SSSR count). The molecule has 0 saturated heterocycles. The normalized spacial score (nSPS) is 11.9. The molecule has 11 aromatic carbocycles. The van der Waals surface area contributed by atoms with Crippen LogP contribution in [0.2, 0.25) is 0 Å². The molecule has 0 aliphatic rings. The van der Waals surface area contributed by atoms with Gasteiger partial charge in [0, 0.05) is 82.5 Å². The first-order valence-corrected chi connectivity index (χ1v) is 25.8. The Morgan fingerprint density at radius 1 is 0.211 bits per heavy atom. The predicted molar refractivity (Wildman–Crippen MR) is 313 cm³/mol. The molecule has 0 amide bonds. The van der Waals surface area contributed by atoms with E-state index in [4.69, 9.17) is 15.0 Å². The van der Waals surface area contributed by atoms with E-state index < -0.39 is 0 Å². The third-order valence-electron chi connectivity index (χ3n) is 15.4. The Hall–Kier alpha value is -10.4. The minimum atomic E-state index is 0.620. The second-order valence-electron chi connectivity index (χ2n) is 19.6. The fourth-order valence-electron chi connectivity index (χ4n) is 12.1. The molecule has 7 nitrogen and oxygen atoms in total. The Bertz CT molecular complexity index is 4900. The van der Waals surface area contributed by atoms with Crippen LogP contribution in [0.4, 0.5) is 0 Å². The lowest BCUT2D eigenvalue weighted by atomic mass is 10.1. The van der Waals surface area contributed by atoms with Crippen LogP contribution in [0.5, 0.6) is 0 Å². The Kier molecular flexibility index (Phi) is 9.20. The number of para-hydroxylation sites is 5. The van der Waals surface area contributed by atoms with Gasteiger partial charge in [-0.05, 0) is 97.1 Å². The van der Waals surface area contributed by atoms with E-state index in [1.165, 1.54) is 38.0 Å². The highest BCUT2D eigenvalue weighted by Crippen LogP contribution is 2.46. The smallest absolute Gasteiger partial charge is 0.164 e. The minimum Gasteiger partial charge on any atom is -0.309 e. The van der Waals surface area contributed by atoms with Crippen molar-refractivity contribution in [2.75, 3.05) is 0 Å². The zero-order valence-electron chi connectivity index (χ0n) is 41.0. The summed E-state index contributed by atoms with van der Waals surface area (Å²) in [6.45, 7) is 0. The van der Waals surface area contributed by atoms with Gasteiger partial charge < -0.3 is 18.3 Å². The van der Waals surface area contributed by atoms with E-state index in [1.807, 2.05) is 36.4 Å². The van der Waals surface area contributed by atoms with E-state index in [2.05, 4.69) is 243 Å². The van der Waals surface area contributed by atoms with Crippen LogP contribution in [0.3, 0.4) is 0 Å². The minimum absolute atomic E-state index is 0.620. The van der Waals surface area contributed by atoms with Gasteiger partial charge in [-0.15, -0.1) is 0 Å². The molecule has 16 aromatic rings. The highest BCUT2D eigenvalue weighted by Gasteiger charge is 2.25. The Morgan fingerprint density at radius 2 is 0.592 bits per heavy atom. The van der Waals surface area contributed by atoms with Crippen molar-refractivity contribution in [3.8, 4) is 56.9 Å². The largest absolute Gasteiger partial charge is 0.309 e. The van der Waals surface area contributed by atoms with Crippen molar-refractivity contribution in [1.82, 2.24) is 33.2 Å². The van der Waals surface area contributed by atoms with Crippen LogP contribution in [0.1, 0.15) is 0 Å². The number of aromatic nitrogens is 7. The molecule has 5 heterocycles. The molecule has 0 saturated carbocycles. The average molecular weight is 970 g/mol. The van der Waals surface area contributed by atoms with E-state index in [1.54, 1.807) is 0 Å². The molecule has 7 heteroatoms. The molecular formula is C69H43N7. The molecule has 0 N–H and O–H groups in total. The van der Waals surface area contributed by atoms with Crippen molar-refractivity contribution in [2.45, 2.75) is 0 Å². The van der Waals surface area contributed by atoms with Gasteiger partial charge in [-0.1, -0.05) is 164 Å². The lowest BCUT2D eigenvalue weighted by Gasteiger charge is -2.11. The van der Waals surface area contributed by atoms with Crippen LogP contribution in [0.15, 0.2) is 261 Å². The summed E-state index contributed by atoms with van der Waals surface area (Å²) >= 11 is 0. The lowest BCUT2D eigenvalue weighted by molar-refractivity contribution is 1.07. The lowest BCUT2D eigenvalue weighted by Crippen LogP contribution is -2.00. The highest BCUT2D eigenvalue weighted by atomic mass is 15.1. The predicted octanol–water partition coefficient (Wildman–Crippen LogP) is 17.3. The van der Waals surface area contributed by atoms with Gasteiger partial charge in [-0.25, -0.2) is 15.0 Å². The molecule has 0 spiro atoms. The molecular weight excluding hydrogens is 927 g/mol. The van der Waals surface area contributed by atoms with Crippen LogP contribution < -0.4 is 0 Å².